The Hall–Kier alpha value is -3.58. The molecular formula is C25H28N4O5S. The lowest BCUT2D eigenvalue weighted by Crippen LogP contribution is -2.60. The fourth-order valence-corrected chi connectivity index (χ4v) is 6.80. The summed E-state index contributed by atoms with van der Waals surface area (Å²) in [7, 11) is -3.72. The number of ether oxygens (including phenoxy) is 2. The van der Waals surface area contributed by atoms with Gasteiger partial charge in [-0.05, 0) is 58.0 Å². The summed E-state index contributed by atoms with van der Waals surface area (Å²) in [4.78, 5) is 21.6. The zero-order valence-corrected chi connectivity index (χ0v) is 20.8. The number of amidine groups is 1. The van der Waals surface area contributed by atoms with Gasteiger partial charge in [-0.1, -0.05) is 5.92 Å². The second kappa shape index (κ2) is 8.57. The van der Waals surface area contributed by atoms with Crippen molar-refractivity contribution in [1.29, 1.82) is 0 Å². The second-order valence-corrected chi connectivity index (χ2v) is 12.1. The molecule has 10 heteroatoms. The molecule has 4 rings (SSSR count). The van der Waals surface area contributed by atoms with Crippen LogP contribution in [0.15, 0.2) is 41.5 Å². The summed E-state index contributed by atoms with van der Waals surface area (Å²) in [5, 5.41) is 1.95. The summed E-state index contributed by atoms with van der Waals surface area (Å²) in [5.74, 6) is 2.91. The first-order valence-electron chi connectivity index (χ1n) is 11.1. The Balaban J connectivity index is 1.71. The molecule has 0 aliphatic carbocycles. The number of aliphatic imine (C=N–C) groups is 1. The highest BCUT2D eigenvalue weighted by Gasteiger charge is 2.58. The summed E-state index contributed by atoms with van der Waals surface area (Å²) in [6.07, 6.45) is 6.49. The molecule has 0 saturated heterocycles. The van der Waals surface area contributed by atoms with Crippen molar-refractivity contribution in [3.8, 4) is 23.8 Å². The zero-order chi connectivity index (χ0) is 25.6. The van der Waals surface area contributed by atoms with Gasteiger partial charge in [0.2, 0.25) is 0 Å². The van der Waals surface area contributed by atoms with E-state index in [1.54, 1.807) is 45.0 Å². The van der Waals surface area contributed by atoms with Crippen LogP contribution in [0.3, 0.4) is 0 Å². The highest BCUT2D eigenvalue weighted by molar-refractivity contribution is 7.94. The van der Waals surface area contributed by atoms with Crippen molar-refractivity contribution in [2.75, 3.05) is 11.9 Å². The third-order valence-corrected chi connectivity index (χ3v) is 9.66. The van der Waals surface area contributed by atoms with Crippen LogP contribution in [0, 0.1) is 12.3 Å². The molecule has 3 N–H and O–H groups in total. The van der Waals surface area contributed by atoms with E-state index in [0.717, 1.165) is 0 Å². The first kappa shape index (κ1) is 24.5. The number of amides is 1. The van der Waals surface area contributed by atoms with E-state index in [9.17, 15) is 13.2 Å². The maximum Gasteiger partial charge on any atom is 0.274 e. The van der Waals surface area contributed by atoms with Crippen molar-refractivity contribution in [2.24, 2.45) is 10.7 Å². The molecule has 0 spiro atoms. The topological polar surface area (TPSA) is 133 Å². The number of anilines is 1. The van der Waals surface area contributed by atoms with E-state index < -0.39 is 31.3 Å². The van der Waals surface area contributed by atoms with Gasteiger partial charge in [-0.2, -0.15) is 0 Å². The molecule has 2 aliphatic heterocycles. The van der Waals surface area contributed by atoms with E-state index in [1.807, 2.05) is 6.92 Å². The molecule has 0 radical (unpaired) electrons. The van der Waals surface area contributed by atoms with Crippen LogP contribution in [0.25, 0.3) is 0 Å². The number of sulfone groups is 1. The molecule has 184 valence electrons. The molecule has 0 fully saturated rings. The van der Waals surface area contributed by atoms with Crippen LogP contribution in [0.4, 0.5) is 5.69 Å². The molecule has 0 unspecified atom stereocenters. The van der Waals surface area contributed by atoms with Gasteiger partial charge in [0.25, 0.3) is 5.91 Å². The normalized spacial score (nSPS) is 26.0. The average Bonchev–Trinajstić information content (AvgIpc) is 2.91. The first-order valence-corrected chi connectivity index (χ1v) is 12.7. The van der Waals surface area contributed by atoms with Gasteiger partial charge in [0.15, 0.2) is 9.84 Å². The zero-order valence-electron chi connectivity index (χ0n) is 20.0. The summed E-state index contributed by atoms with van der Waals surface area (Å²) in [6.45, 7) is 6.83. The van der Waals surface area contributed by atoms with E-state index in [4.69, 9.17) is 26.6 Å². The number of nitrogens with zero attached hydrogens (tertiary/aromatic N) is 2. The van der Waals surface area contributed by atoms with E-state index in [1.165, 1.54) is 12.3 Å². The SMILES string of the molecule is C#CCOc1ccc(C(=O)Nc2ccc3c(c2)[C@@]2(C)N=C(N)C(C)(C)S(=O)(=O)[C@@H]2C[C@H](C)O3)nc1. The van der Waals surface area contributed by atoms with Gasteiger partial charge in [-0.3, -0.25) is 9.79 Å². The Morgan fingerprint density at radius 3 is 2.71 bits per heavy atom. The van der Waals surface area contributed by atoms with Gasteiger partial charge in [0, 0.05) is 17.7 Å². The van der Waals surface area contributed by atoms with E-state index in [-0.39, 0.29) is 30.7 Å². The van der Waals surface area contributed by atoms with E-state index >= 15 is 0 Å². The van der Waals surface area contributed by atoms with Gasteiger partial charge in [0.05, 0.1) is 17.6 Å². The smallest absolute Gasteiger partial charge is 0.274 e. The molecule has 3 atom stereocenters. The number of aromatic nitrogens is 1. The minimum absolute atomic E-state index is 0.0440. The Morgan fingerprint density at radius 1 is 1.31 bits per heavy atom. The van der Waals surface area contributed by atoms with Crippen LogP contribution in [0.5, 0.6) is 11.5 Å². The minimum Gasteiger partial charge on any atom is -0.490 e. The monoisotopic (exact) mass is 496 g/mol. The molecule has 0 saturated carbocycles. The molecular weight excluding hydrogens is 468 g/mol. The maximum absolute atomic E-state index is 13.6. The molecule has 9 nitrogen and oxygen atoms in total. The first-order chi connectivity index (χ1) is 16.4. The van der Waals surface area contributed by atoms with Gasteiger partial charge in [-0.15, -0.1) is 6.42 Å². The molecule has 1 aromatic heterocycles. The Morgan fingerprint density at radius 2 is 2.06 bits per heavy atom. The van der Waals surface area contributed by atoms with Crippen LogP contribution in [0.1, 0.15) is 50.2 Å². The molecule has 2 aliphatic rings. The summed E-state index contributed by atoms with van der Waals surface area (Å²) in [5.41, 5.74) is 6.16. The quantitative estimate of drug-likeness (QED) is 0.622. The minimum atomic E-state index is -3.72. The highest BCUT2D eigenvalue weighted by atomic mass is 32.2. The molecule has 0 bridgehead atoms. The number of carbonyl (C=O) groups excluding carboxylic acids is 1. The Kier molecular flexibility index (Phi) is 6.01. The lowest BCUT2D eigenvalue weighted by atomic mass is 9.85. The molecule has 2 aromatic rings. The molecule has 3 heterocycles. The lowest BCUT2D eigenvalue weighted by Gasteiger charge is -2.43. The fraction of sp³-hybridized carbons (Fsp3) is 0.400. The average molecular weight is 497 g/mol. The van der Waals surface area contributed by atoms with E-state index in [2.05, 4.69) is 16.2 Å². The standard InChI is InChI=1S/C25H28N4O5S/c1-6-11-33-17-8-9-19(27-14-17)22(30)28-16-7-10-20-18(13-16)25(5)21(12-15(2)34-20)35(31,32)24(3,4)23(26)29-25/h1,7-10,13-15,21H,11-12H2,2-5H3,(H2,26,29)(H,28,30)/t15-,21+,25+/m0/s1. The number of rotatable bonds is 4. The van der Waals surface area contributed by atoms with Gasteiger partial charge >= 0.3 is 0 Å². The van der Waals surface area contributed by atoms with Crippen molar-refractivity contribution in [3.63, 3.8) is 0 Å². The molecule has 35 heavy (non-hydrogen) atoms. The lowest BCUT2D eigenvalue weighted by molar-refractivity contribution is 0.102. The van der Waals surface area contributed by atoms with Gasteiger partial charge in [0.1, 0.15) is 39.9 Å². The Bertz CT molecular complexity index is 1340. The van der Waals surface area contributed by atoms with Gasteiger partial charge < -0.3 is 20.5 Å². The number of hydrogen-bond donors (Lipinski definition) is 2. The van der Waals surface area contributed by atoms with Gasteiger partial charge in [-0.25, -0.2) is 13.4 Å². The van der Waals surface area contributed by atoms with Crippen molar-refractivity contribution >= 4 is 27.3 Å². The predicted molar refractivity (Wildman–Crippen MR) is 133 cm³/mol. The number of pyridine rings is 1. The van der Waals surface area contributed by atoms with Crippen LogP contribution < -0.4 is 20.5 Å². The summed E-state index contributed by atoms with van der Waals surface area (Å²) in [6, 6.07) is 8.20. The molecule has 1 amide bonds. The number of carbonyl (C=O) groups is 1. The maximum atomic E-state index is 13.6. The largest absolute Gasteiger partial charge is 0.490 e. The van der Waals surface area contributed by atoms with Crippen molar-refractivity contribution in [3.05, 3.63) is 47.8 Å². The Labute approximate surface area is 205 Å². The number of nitrogens with one attached hydrogen (secondary N) is 1. The van der Waals surface area contributed by atoms with E-state index in [0.29, 0.717) is 22.7 Å². The van der Waals surface area contributed by atoms with Crippen molar-refractivity contribution in [1.82, 2.24) is 4.98 Å². The predicted octanol–water partition coefficient (Wildman–Crippen LogP) is 2.66. The van der Waals surface area contributed by atoms with Crippen LogP contribution >= 0.6 is 0 Å². The third-order valence-electron chi connectivity index (χ3n) is 6.63. The summed E-state index contributed by atoms with van der Waals surface area (Å²) < 4.78 is 37.3. The number of benzene rings is 1. The highest BCUT2D eigenvalue weighted by Crippen LogP contribution is 2.49. The number of hydrogen-bond acceptors (Lipinski definition) is 8. The summed E-state index contributed by atoms with van der Waals surface area (Å²) >= 11 is 0. The second-order valence-electron chi connectivity index (χ2n) is 9.39. The van der Waals surface area contributed by atoms with Crippen LogP contribution in [0.2, 0.25) is 0 Å². The fourth-order valence-electron chi connectivity index (χ4n) is 4.44. The number of fused-ring (bicyclic) bond motifs is 3. The van der Waals surface area contributed by atoms with Crippen molar-refractivity contribution < 1.29 is 22.7 Å². The van der Waals surface area contributed by atoms with Crippen molar-refractivity contribution in [2.45, 2.75) is 55.8 Å². The molecule has 1 aromatic carbocycles. The number of terminal acetylenes is 1. The van der Waals surface area contributed by atoms with Crippen LogP contribution in [-0.4, -0.2) is 47.9 Å². The number of nitrogens with two attached hydrogens (primary N) is 1. The third kappa shape index (κ3) is 4.10. The van der Waals surface area contributed by atoms with Crippen LogP contribution in [-0.2, 0) is 15.4 Å².